The van der Waals surface area contributed by atoms with E-state index in [-0.39, 0.29) is 0 Å². The molecule has 3 heteroatoms. The molecule has 168 valence electrons. The predicted octanol–water partition coefficient (Wildman–Crippen LogP) is 9.04. The number of unbranched alkanes of at least 4 members (excludes halogenated alkanes) is 10. The van der Waals surface area contributed by atoms with Gasteiger partial charge in [0.1, 0.15) is 5.75 Å². The SMILES string of the molecule is CCCCCCCCSCCc1cc(SCCCCCCCC)cc(CC)c1O. The number of benzene rings is 1. The summed E-state index contributed by atoms with van der Waals surface area (Å²) in [5.41, 5.74) is 2.28. The zero-order chi connectivity index (χ0) is 21.2. The van der Waals surface area contributed by atoms with Gasteiger partial charge in [0, 0.05) is 4.90 Å². The van der Waals surface area contributed by atoms with Crippen LogP contribution in [0.15, 0.2) is 17.0 Å². The summed E-state index contributed by atoms with van der Waals surface area (Å²) in [5, 5.41) is 10.6. The van der Waals surface area contributed by atoms with Crippen LogP contribution in [0.3, 0.4) is 0 Å². The molecular weight excluding hydrogens is 392 g/mol. The largest absolute Gasteiger partial charge is 0.507 e. The molecule has 0 bridgehead atoms. The minimum Gasteiger partial charge on any atom is -0.507 e. The number of thioether (sulfide) groups is 2. The number of phenols is 1. The third kappa shape index (κ3) is 12.9. The average molecular weight is 439 g/mol. The van der Waals surface area contributed by atoms with E-state index in [2.05, 4.69) is 44.7 Å². The van der Waals surface area contributed by atoms with Gasteiger partial charge in [0.2, 0.25) is 0 Å². The molecule has 1 aromatic carbocycles. The van der Waals surface area contributed by atoms with Crippen molar-refractivity contribution in [2.45, 2.75) is 116 Å². The van der Waals surface area contributed by atoms with E-state index < -0.39 is 0 Å². The normalized spacial score (nSPS) is 11.3. The lowest BCUT2D eigenvalue weighted by molar-refractivity contribution is 0.462. The van der Waals surface area contributed by atoms with E-state index in [4.69, 9.17) is 0 Å². The minimum absolute atomic E-state index is 0.552. The predicted molar refractivity (Wildman–Crippen MR) is 136 cm³/mol. The van der Waals surface area contributed by atoms with Crippen molar-refractivity contribution in [3.8, 4) is 5.75 Å². The van der Waals surface area contributed by atoms with Gasteiger partial charge in [-0.25, -0.2) is 0 Å². The van der Waals surface area contributed by atoms with Gasteiger partial charge >= 0.3 is 0 Å². The molecule has 0 saturated carbocycles. The zero-order valence-electron chi connectivity index (χ0n) is 19.4. The summed E-state index contributed by atoms with van der Waals surface area (Å²) in [4.78, 5) is 1.35. The van der Waals surface area contributed by atoms with Crippen LogP contribution in [0.2, 0.25) is 0 Å². The summed E-state index contributed by atoms with van der Waals surface area (Å²) in [6.45, 7) is 6.70. The molecule has 0 fully saturated rings. The van der Waals surface area contributed by atoms with Gasteiger partial charge in [-0.1, -0.05) is 85.0 Å². The first-order chi connectivity index (χ1) is 14.2. The summed E-state index contributed by atoms with van der Waals surface area (Å²) < 4.78 is 0. The molecule has 0 aromatic heterocycles. The Kier molecular flexibility index (Phi) is 17.1. The van der Waals surface area contributed by atoms with Crippen LogP contribution in [0.1, 0.15) is 109 Å². The molecule has 0 radical (unpaired) electrons. The van der Waals surface area contributed by atoms with Gasteiger partial charge in [0.15, 0.2) is 0 Å². The van der Waals surface area contributed by atoms with Crippen LogP contribution in [0.5, 0.6) is 5.75 Å². The van der Waals surface area contributed by atoms with Crippen molar-refractivity contribution in [3.05, 3.63) is 23.3 Å². The van der Waals surface area contributed by atoms with Crippen molar-refractivity contribution in [2.24, 2.45) is 0 Å². The van der Waals surface area contributed by atoms with Crippen molar-refractivity contribution in [1.29, 1.82) is 0 Å². The fourth-order valence-electron chi connectivity index (χ4n) is 3.61. The minimum atomic E-state index is 0.552. The smallest absolute Gasteiger partial charge is 0.122 e. The summed E-state index contributed by atoms with van der Waals surface area (Å²) in [5.74, 6) is 4.14. The van der Waals surface area contributed by atoms with Crippen molar-refractivity contribution in [3.63, 3.8) is 0 Å². The topological polar surface area (TPSA) is 20.2 Å². The van der Waals surface area contributed by atoms with Crippen molar-refractivity contribution >= 4 is 23.5 Å². The molecule has 0 atom stereocenters. The molecule has 0 amide bonds. The van der Waals surface area contributed by atoms with Gasteiger partial charge in [-0.3, -0.25) is 0 Å². The highest BCUT2D eigenvalue weighted by molar-refractivity contribution is 7.99. The summed E-state index contributed by atoms with van der Waals surface area (Å²) in [6, 6.07) is 4.46. The summed E-state index contributed by atoms with van der Waals surface area (Å²) in [6.07, 6.45) is 18.3. The van der Waals surface area contributed by atoms with Crippen LogP contribution in [-0.4, -0.2) is 22.4 Å². The second-order valence-electron chi connectivity index (χ2n) is 8.19. The van der Waals surface area contributed by atoms with Crippen molar-refractivity contribution in [1.82, 2.24) is 0 Å². The first-order valence-corrected chi connectivity index (χ1v) is 14.4. The fourth-order valence-corrected chi connectivity index (χ4v) is 5.62. The fraction of sp³-hybridized carbons (Fsp3) is 0.769. The van der Waals surface area contributed by atoms with Crippen LogP contribution in [0.4, 0.5) is 0 Å². The number of phenolic OH excluding ortho intramolecular Hbond substituents is 1. The highest BCUT2D eigenvalue weighted by Gasteiger charge is 2.09. The van der Waals surface area contributed by atoms with E-state index in [1.54, 1.807) is 0 Å². The van der Waals surface area contributed by atoms with Crippen LogP contribution in [0.25, 0.3) is 0 Å². The summed E-state index contributed by atoms with van der Waals surface area (Å²) in [7, 11) is 0. The monoisotopic (exact) mass is 438 g/mol. The molecular formula is C26H46OS2. The Morgan fingerprint density at radius 3 is 1.83 bits per heavy atom. The van der Waals surface area contributed by atoms with E-state index in [0.717, 1.165) is 29.7 Å². The van der Waals surface area contributed by atoms with Gasteiger partial charge < -0.3 is 5.11 Å². The molecule has 0 aliphatic heterocycles. The first kappa shape index (κ1) is 26.8. The van der Waals surface area contributed by atoms with E-state index >= 15 is 0 Å². The van der Waals surface area contributed by atoms with Gasteiger partial charge in [-0.15, -0.1) is 11.8 Å². The summed E-state index contributed by atoms with van der Waals surface area (Å²) >= 11 is 4.03. The highest BCUT2D eigenvalue weighted by atomic mass is 32.2. The van der Waals surface area contributed by atoms with Crippen molar-refractivity contribution < 1.29 is 5.11 Å². The Hall–Kier alpha value is -0.280. The molecule has 0 heterocycles. The van der Waals surface area contributed by atoms with Crippen LogP contribution in [0, 0.1) is 0 Å². The number of hydrogen-bond acceptors (Lipinski definition) is 3. The van der Waals surface area contributed by atoms with Crippen LogP contribution in [-0.2, 0) is 12.8 Å². The zero-order valence-corrected chi connectivity index (χ0v) is 21.1. The Balaban J connectivity index is 2.32. The van der Waals surface area contributed by atoms with E-state index in [0.29, 0.717) is 5.75 Å². The van der Waals surface area contributed by atoms with E-state index in [1.165, 1.54) is 93.5 Å². The average Bonchev–Trinajstić information content (AvgIpc) is 2.73. The maximum atomic E-state index is 10.6. The third-order valence-electron chi connectivity index (χ3n) is 5.55. The Morgan fingerprint density at radius 2 is 1.21 bits per heavy atom. The first-order valence-electron chi connectivity index (χ1n) is 12.3. The van der Waals surface area contributed by atoms with Crippen molar-refractivity contribution in [2.75, 3.05) is 17.3 Å². The Labute approximate surface area is 190 Å². The molecule has 1 rings (SSSR count). The molecule has 1 aromatic rings. The maximum absolute atomic E-state index is 10.6. The molecule has 0 saturated heterocycles. The number of aryl methyl sites for hydroxylation is 2. The molecule has 0 spiro atoms. The quantitative estimate of drug-likeness (QED) is 0.172. The van der Waals surface area contributed by atoms with E-state index in [9.17, 15) is 5.11 Å². The highest BCUT2D eigenvalue weighted by Crippen LogP contribution is 2.31. The van der Waals surface area contributed by atoms with Crippen LogP contribution < -0.4 is 0 Å². The molecule has 0 unspecified atom stereocenters. The van der Waals surface area contributed by atoms with Gasteiger partial charge in [-0.05, 0) is 66.2 Å². The second-order valence-corrected chi connectivity index (χ2v) is 10.6. The van der Waals surface area contributed by atoms with Gasteiger partial charge in [-0.2, -0.15) is 11.8 Å². The molecule has 1 nitrogen and oxygen atoms in total. The second kappa shape index (κ2) is 18.5. The molecule has 0 aliphatic carbocycles. The molecule has 0 aliphatic rings. The lowest BCUT2D eigenvalue weighted by Gasteiger charge is -2.12. The Morgan fingerprint density at radius 1 is 0.655 bits per heavy atom. The molecule has 1 N–H and O–H groups in total. The number of rotatable bonds is 19. The number of hydrogen-bond donors (Lipinski definition) is 1. The lowest BCUT2D eigenvalue weighted by Crippen LogP contribution is -1.96. The van der Waals surface area contributed by atoms with Gasteiger partial charge in [0.05, 0.1) is 0 Å². The Bertz CT molecular complexity index is 516. The third-order valence-corrected chi connectivity index (χ3v) is 7.68. The lowest BCUT2D eigenvalue weighted by atomic mass is 10.1. The van der Waals surface area contributed by atoms with E-state index in [1.807, 2.05) is 11.8 Å². The van der Waals surface area contributed by atoms with Gasteiger partial charge in [0.25, 0.3) is 0 Å². The van der Waals surface area contributed by atoms with Crippen LogP contribution >= 0.6 is 23.5 Å². The maximum Gasteiger partial charge on any atom is 0.122 e. The standard InChI is InChI=1S/C26H46OS2/c1-4-7-9-11-13-15-18-28-20-17-24-22-25(21-23(6-3)26(24)27)29-19-16-14-12-10-8-5-2/h21-22,27H,4-20H2,1-3H3. The number of aromatic hydroxyl groups is 1. The molecule has 29 heavy (non-hydrogen) atoms.